The van der Waals surface area contributed by atoms with Gasteiger partial charge in [0.05, 0.1) is 12.7 Å². The molecule has 0 aliphatic carbocycles. The molecule has 0 fully saturated rings. The Morgan fingerprint density at radius 1 is 1.17 bits per heavy atom. The lowest BCUT2D eigenvalue weighted by atomic mass is 9.91. The molecule has 0 aliphatic heterocycles. The quantitative estimate of drug-likeness (QED) is 0.630. The van der Waals surface area contributed by atoms with Gasteiger partial charge in [-0.3, -0.25) is 4.90 Å². The Morgan fingerprint density at radius 3 is 2.26 bits per heavy atom. The van der Waals surface area contributed by atoms with Gasteiger partial charge in [0, 0.05) is 7.05 Å². The van der Waals surface area contributed by atoms with Crippen LogP contribution in [0.25, 0.3) is 0 Å². The SMILES string of the molecule is COC(=O)c1cccc(C(C)(C=O)N(C)C(=O)OC(C)(C)C)c1. The van der Waals surface area contributed by atoms with Gasteiger partial charge in [0.2, 0.25) is 0 Å². The summed E-state index contributed by atoms with van der Waals surface area (Å²) in [5, 5.41) is 0. The smallest absolute Gasteiger partial charge is 0.411 e. The van der Waals surface area contributed by atoms with E-state index in [0.29, 0.717) is 17.4 Å². The van der Waals surface area contributed by atoms with Crippen molar-refractivity contribution in [2.24, 2.45) is 0 Å². The molecule has 0 spiro atoms. The molecular formula is C17H23NO5. The molecular weight excluding hydrogens is 298 g/mol. The summed E-state index contributed by atoms with van der Waals surface area (Å²) in [5.74, 6) is -0.514. The zero-order valence-corrected chi connectivity index (χ0v) is 14.4. The van der Waals surface area contributed by atoms with E-state index in [1.54, 1.807) is 45.9 Å². The summed E-state index contributed by atoms with van der Waals surface area (Å²) in [7, 11) is 2.76. The van der Waals surface area contributed by atoms with E-state index in [2.05, 4.69) is 4.74 Å². The highest BCUT2D eigenvalue weighted by atomic mass is 16.6. The van der Waals surface area contributed by atoms with Crippen LogP contribution in [0.5, 0.6) is 0 Å². The standard InChI is InChI=1S/C17H23NO5/c1-16(2,3)23-15(21)18(5)17(4,11-19)13-9-7-8-12(10-13)14(20)22-6/h7-11H,1-6H3. The summed E-state index contributed by atoms with van der Waals surface area (Å²) >= 11 is 0. The van der Waals surface area contributed by atoms with Crippen molar-refractivity contribution in [3.63, 3.8) is 0 Å². The highest BCUT2D eigenvalue weighted by Gasteiger charge is 2.37. The second kappa shape index (κ2) is 6.81. The second-order valence-electron chi connectivity index (χ2n) is 6.38. The number of carbonyl (C=O) groups excluding carboxylic acids is 3. The lowest BCUT2D eigenvalue weighted by Crippen LogP contribution is -2.48. The third-order valence-electron chi connectivity index (χ3n) is 3.46. The van der Waals surface area contributed by atoms with E-state index in [4.69, 9.17) is 4.74 Å². The maximum Gasteiger partial charge on any atom is 0.411 e. The van der Waals surface area contributed by atoms with Crippen LogP contribution in [0.1, 0.15) is 43.6 Å². The maximum atomic E-state index is 12.3. The second-order valence-corrected chi connectivity index (χ2v) is 6.38. The van der Waals surface area contributed by atoms with E-state index in [1.807, 2.05) is 0 Å². The Bertz CT molecular complexity index is 605. The van der Waals surface area contributed by atoms with Gasteiger partial charge >= 0.3 is 12.1 Å². The molecule has 0 bridgehead atoms. The molecule has 0 saturated heterocycles. The number of benzene rings is 1. The van der Waals surface area contributed by atoms with Crippen molar-refractivity contribution in [2.45, 2.75) is 38.8 Å². The third kappa shape index (κ3) is 4.31. The summed E-state index contributed by atoms with van der Waals surface area (Å²) in [5.41, 5.74) is -1.16. The largest absolute Gasteiger partial charge is 0.465 e. The molecule has 0 N–H and O–H groups in total. The van der Waals surface area contributed by atoms with E-state index in [9.17, 15) is 14.4 Å². The molecule has 1 aromatic carbocycles. The predicted molar refractivity (Wildman–Crippen MR) is 85.2 cm³/mol. The first kappa shape index (κ1) is 18.7. The van der Waals surface area contributed by atoms with E-state index in [-0.39, 0.29) is 0 Å². The molecule has 1 aromatic rings. The van der Waals surface area contributed by atoms with Crippen LogP contribution in [0.2, 0.25) is 0 Å². The van der Waals surface area contributed by atoms with Crippen LogP contribution >= 0.6 is 0 Å². The molecule has 1 rings (SSSR count). The van der Waals surface area contributed by atoms with Gasteiger partial charge in [-0.25, -0.2) is 9.59 Å². The minimum Gasteiger partial charge on any atom is -0.465 e. The summed E-state index contributed by atoms with van der Waals surface area (Å²) in [6.45, 7) is 6.82. The van der Waals surface area contributed by atoms with E-state index in [0.717, 1.165) is 0 Å². The molecule has 0 aliphatic rings. The number of aldehydes is 1. The fourth-order valence-corrected chi connectivity index (χ4v) is 1.94. The topological polar surface area (TPSA) is 72.9 Å². The van der Waals surface area contributed by atoms with Gasteiger partial charge in [-0.15, -0.1) is 0 Å². The number of hydrogen-bond acceptors (Lipinski definition) is 5. The first-order valence-electron chi connectivity index (χ1n) is 7.17. The number of ether oxygens (including phenoxy) is 2. The summed E-state index contributed by atoms with van der Waals surface area (Å²) < 4.78 is 9.98. The molecule has 1 amide bonds. The van der Waals surface area contributed by atoms with E-state index >= 15 is 0 Å². The fraction of sp³-hybridized carbons (Fsp3) is 0.471. The molecule has 0 heterocycles. The van der Waals surface area contributed by atoms with Crippen molar-refractivity contribution in [1.82, 2.24) is 4.90 Å². The van der Waals surface area contributed by atoms with Gasteiger partial charge in [-0.2, -0.15) is 0 Å². The Kier molecular flexibility index (Phi) is 5.53. The maximum absolute atomic E-state index is 12.3. The van der Waals surface area contributed by atoms with Gasteiger partial charge in [-0.05, 0) is 45.4 Å². The Morgan fingerprint density at radius 2 is 1.78 bits per heavy atom. The predicted octanol–water partition coefficient (Wildman–Crippen LogP) is 2.75. The van der Waals surface area contributed by atoms with Crippen molar-refractivity contribution in [3.8, 4) is 0 Å². The summed E-state index contributed by atoms with van der Waals surface area (Å²) in [6, 6.07) is 6.41. The normalized spacial score (nSPS) is 13.7. The molecule has 0 saturated carbocycles. The van der Waals surface area contributed by atoms with Crippen LogP contribution in [0.3, 0.4) is 0 Å². The number of methoxy groups -OCH3 is 1. The van der Waals surface area contributed by atoms with Crippen molar-refractivity contribution >= 4 is 18.3 Å². The van der Waals surface area contributed by atoms with Gasteiger partial charge in [0.15, 0.2) is 0 Å². The molecule has 0 radical (unpaired) electrons. The Hall–Kier alpha value is -2.37. The van der Waals surface area contributed by atoms with Crippen molar-refractivity contribution < 1.29 is 23.9 Å². The number of hydrogen-bond donors (Lipinski definition) is 0. The molecule has 1 unspecified atom stereocenters. The van der Waals surface area contributed by atoms with Crippen molar-refractivity contribution in [3.05, 3.63) is 35.4 Å². The minimum absolute atomic E-state index is 0.302. The Balaban J connectivity index is 3.21. The monoisotopic (exact) mass is 321 g/mol. The van der Waals surface area contributed by atoms with Gasteiger partial charge in [-0.1, -0.05) is 12.1 Å². The first-order chi connectivity index (χ1) is 10.5. The Labute approximate surface area is 136 Å². The zero-order valence-electron chi connectivity index (χ0n) is 14.4. The van der Waals surface area contributed by atoms with Crippen LogP contribution in [0, 0.1) is 0 Å². The van der Waals surface area contributed by atoms with Crippen LogP contribution < -0.4 is 0 Å². The third-order valence-corrected chi connectivity index (χ3v) is 3.46. The molecule has 0 aromatic heterocycles. The lowest BCUT2D eigenvalue weighted by molar-refractivity contribution is -0.117. The number of carbonyl (C=O) groups is 3. The highest BCUT2D eigenvalue weighted by molar-refractivity contribution is 5.90. The molecule has 1 atom stereocenters. The van der Waals surface area contributed by atoms with Crippen LogP contribution in [-0.4, -0.2) is 43.0 Å². The van der Waals surface area contributed by atoms with Crippen molar-refractivity contribution in [2.75, 3.05) is 14.2 Å². The number of likely N-dealkylation sites (N-methyl/N-ethyl adjacent to an activating group) is 1. The van der Waals surface area contributed by atoms with Gasteiger partial charge in [0.1, 0.15) is 17.4 Å². The number of rotatable bonds is 4. The number of esters is 1. The van der Waals surface area contributed by atoms with Crippen LogP contribution in [0.15, 0.2) is 24.3 Å². The highest BCUT2D eigenvalue weighted by Crippen LogP contribution is 2.27. The van der Waals surface area contributed by atoms with E-state index in [1.165, 1.54) is 25.1 Å². The zero-order chi connectivity index (χ0) is 17.8. The molecule has 6 nitrogen and oxygen atoms in total. The molecule has 23 heavy (non-hydrogen) atoms. The summed E-state index contributed by atoms with van der Waals surface area (Å²) in [4.78, 5) is 36.9. The average Bonchev–Trinajstić information content (AvgIpc) is 2.51. The molecule has 6 heteroatoms. The first-order valence-corrected chi connectivity index (χ1v) is 7.17. The fourth-order valence-electron chi connectivity index (χ4n) is 1.94. The number of nitrogens with zero attached hydrogens (tertiary/aromatic N) is 1. The minimum atomic E-state index is -1.27. The van der Waals surface area contributed by atoms with Crippen molar-refractivity contribution in [1.29, 1.82) is 0 Å². The van der Waals surface area contributed by atoms with Crippen LogP contribution in [0.4, 0.5) is 4.79 Å². The van der Waals surface area contributed by atoms with Gasteiger partial charge < -0.3 is 14.3 Å². The van der Waals surface area contributed by atoms with Crippen LogP contribution in [-0.2, 0) is 19.8 Å². The number of amides is 1. The van der Waals surface area contributed by atoms with Gasteiger partial charge in [0.25, 0.3) is 0 Å². The lowest BCUT2D eigenvalue weighted by Gasteiger charge is -2.35. The van der Waals surface area contributed by atoms with E-state index < -0.39 is 23.2 Å². The average molecular weight is 321 g/mol. The summed E-state index contributed by atoms with van der Waals surface area (Å²) in [6.07, 6.45) is 0.0170. The molecule has 126 valence electrons.